The number of aryl methyl sites for hydroxylation is 2. The molecule has 1 aliphatic heterocycles. The molecule has 1 fully saturated rings. The number of carbonyl (C=O) groups excluding carboxylic acids is 3. The Morgan fingerprint density at radius 1 is 0.914 bits per heavy atom. The van der Waals surface area contributed by atoms with Crippen LogP contribution in [0.5, 0.6) is 5.75 Å². The molecule has 0 aromatic heterocycles. The highest BCUT2D eigenvalue weighted by Gasteiger charge is 2.35. The standard InChI is InChI=1S/C28H29N3O4/c1-19-3-7-21(8-4-19)16-29-28(34)22-15-27(33)31(17-22)24-11-13-25(14-12-24)35-18-26(32)30-23-9-5-20(2)6-10-23/h3-14,22H,15-18H2,1-2H3,(H,29,34)(H,30,32)/t22-/m1/s1. The van der Waals surface area contributed by atoms with E-state index in [2.05, 4.69) is 10.6 Å². The SMILES string of the molecule is Cc1ccc(CNC(=O)[C@@H]2CC(=O)N(c3ccc(OCC(=O)Nc4ccc(C)cc4)cc3)C2)cc1. The lowest BCUT2D eigenvalue weighted by atomic mass is 10.1. The zero-order valence-electron chi connectivity index (χ0n) is 19.9. The summed E-state index contributed by atoms with van der Waals surface area (Å²) in [5.74, 6) is -0.346. The van der Waals surface area contributed by atoms with E-state index in [1.54, 1.807) is 29.2 Å². The molecule has 0 saturated carbocycles. The molecule has 4 rings (SSSR count). The minimum absolute atomic E-state index is 0.0911. The van der Waals surface area contributed by atoms with Crippen molar-refractivity contribution >= 4 is 29.1 Å². The third-order valence-electron chi connectivity index (χ3n) is 5.94. The van der Waals surface area contributed by atoms with Crippen molar-refractivity contribution in [3.8, 4) is 5.75 Å². The molecule has 0 radical (unpaired) electrons. The van der Waals surface area contributed by atoms with Gasteiger partial charge in [0.05, 0.1) is 5.92 Å². The third kappa shape index (κ3) is 6.47. The van der Waals surface area contributed by atoms with Crippen LogP contribution >= 0.6 is 0 Å². The first kappa shape index (κ1) is 24.0. The van der Waals surface area contributed by atoms with E-state index in [-0.39, 0.29) is 30.7 Å². The van der Waals surface area contributed by atoms with Crippen LogP contribution in [0.2, 0.25) is 0 Å². The van der Waals surface area contributed by atoms with Crippen LogP contribution in [0, 0.1) is 19.8 Å². The summed E-state index contributed by atoms with van der Waals surface area (Å²) in [6, 6.07) is 22.5. The summed E-state index contributed by atoms with van der Waals surface area (Å²) < 4.78 is 5.57. The fraction of sp³-hybridized carbons (Fsp3) is 0.250. The van der Waals surface area contributed by atoms with Gasteiger partial charge >= 0.3 is 0 Å². The highest BCUT2D eigenvalue weighted by Crippen LogP contribution is 2.27. The Labute approximate surface area is 205 Å². The van der Waals surface area contributed by atoms with Gasteiger partial charge in [-0.25, -0.2) is 0 Å². The molecule has 0 unspecified atom stereocenters. The summed E-state index contributed by atoms with van der Waals surface area (Å²) >= 11 is 0. The van der Waals surface area contributed by atoms with E-state index < -0.39 is 5.92 Å². The number of hydrogen-bond donors (Lipinski definition) is 2. The Kier molecular flexibility index (Phi) is 7.45. The maximum atomic E-state index is 12.6. The fourth-order valence-corrected chi connectivity index (χ4v) is 3.88. The number of anilines is 2. The van der Waals surface area contributed by atoms with E-state index in [4.69, 9.17) is 4.74 Å². The van der Waals surface area contributed by atoms with Gasteiger partial charge in [-0.3, -0.25) is 14.4 Å². The fourth-order valence-electron chi connectivity index (χ4n) is 3.88. The molecular weight excluding hydrogens is 442 g/mol. The Morgan fingerprint density at radius 3 is 2.20 bits per heavy atom. The Morgan fingerprint density at radius 2 is 1.54 bits per heavy atom. The molecule has 0 spiro atoms. The lowest BCUT2D eigenvalue weighted by Gasteiger charge is -2.17. The van der Waals surface area contributed by atoms with Gasteiger partial charge in [0.15, 0.2) is 6.61 Å². The van der Waals surface area contributed by atoms with Crippen molar-refractivity contribution in [2.24, 2.45) is 5.92 Å². The molecule has 3 aromatic rings. The van der Waals surface area contributed by atoms with E-state index in [0.29, 0.717) is 30.2 Å². The molecule has 0 aliphatic carbocycles. The first-order valence-corrected chi connectivity index (χ1v) is 11.6. The molecule has 1 saturated heterocycles. The molecule has 3 aromatic carbocycles. The second kappa shape index (κ2) is 10.9. The van der Waals surface area contributed by atoms with Crippen LogP contribution in [-0.4, -0.2) is 30.9 Å². The number of ether oxygens (including phenoxy) is 1. The van der Waals surface area contributed by atoms with Gasteiger partial charge in [0.2, 0.25) is 11.8 Å². The molecule has 7 heteroatoms. The van der Waals surface area contributed by atoms with Gasteiger partial charge in [-0.1, -0.05) is 47.5 Å². The minimum atomic E-state index is -0.394. The maximum Gasteiger partial charge on any atom is 0.262 e. The van der Waals surface area contributed by atoms with Crippen molar-refractivity contribution in [3.05, 3.63) is 89.5 Å². The van der Waals surface area contributed by atoms with Crippen LogP contribution in [-0.2, 0) is 20.9 Å². The zero-order valence-corrected chi connectivity index (χ0v) is 19.9. The Bertz CT molecular complexity index is 1190. The Hall–Kier alpha value is -4.13. The highest BCUT2D eigenvalue weighted by atomic mass is 16.5. The van der Waals surface area contributed by atoms with E-state index in [0.717, 1.165) is 11.1 Å². The van der Waals surface area contributed by atoms with Crippen molar-refractivity contribution in [1.82, 2.24) is 5.32 Å². The predicted octanol–water partition coefficient (Wildman–Crippen LogP) is 3.99. The molecule has 7 nitrogen and oxygen atoms in total. The average molecular weight is 472 g/mol. The number of amides is 3. The van der Waals surface area contributed by atoms with E-state index in [9.17, 15) is 14.4 Å². The van der Waals surface area contributed by atoms with Gasteiger partial charge in [-0.05, 0) is 55.8 Å². The molecule has 1 atom stereocenters. The molecule has 1 aliphatic rings. The zero-order chi connectivity index (χ0) is 24.8. The molecular formula is C28H29N3O4. The van der Waals surface area contributed by atoms with Crippen LogP contribution in [0.4, 0.5) is 11.4 Å². The number of carbonyl (C=O) groups is 3. The molecule has 0 bridgehead atoms. The summed E-state index contributed by atoms with van der Waals surface area (Å²) in [6.45, 7) is 4.64. The smallest absolute Gasteiger partial charge is 0.262 e. The van der Waals surface area contributed by atoms with Gasteiger partial charge in [-0.2, -0.15) is 0 Å². The summed E-state index contributed by atoms with van der Waals surface area (Å²) in [5.41, 5.74) is 4.71. The third-order valence-corrected chi connectivity index (χ3v) is 5.94. The van der Waals surface area contributed by atoms with Crippen molar-refractivity contribution in [1.29, 1.82) is 0 Å². The number of nitrogens with zero attached hydrogens (tertiary/aromatic N) is 1. The first-order valence-electron chi connectivity index (χ1n) is 11.6. The van der Waals surface area contributed by atoms with Gasteiger partial charge in [0, 0.05) is 30.9 Å². The molecule has 3 amide bonds. The highest BCUT2D eigenvalue weighted by molar-refractivity contribution is 6.00. The topological polar surface area (TPSA) is 87.7 Å². The Balaban J connectivity index is 1.26. The maximum absolute atomic E-state index is 12.6. The second-order valence-corrected chi connectivity index (χ2v) is 8.81. The number of nitrogens with one attached hydrogen (secondary N) is 2. The number of benzene rings is 3. The van der Waals surface area contributed by atoms with Crippen molar-refractivity contribution < 1.29 is 19.1 Å². The van der Waals surface area contributed by atoms with Crippen molar-refractivity contribution in [3.63, 3.8) is 0 Å². The molecule has 35 heavy (non-hydrogen) atoms. The van der Waals surface area contributed by atoms with Crippen molar-refractivity contribution in [2.75, 3.05) is 23.4 Å². The summed E-state index contributed by atoms with van der Waals surface area (Å²) in [7, 11) is 0. The minimum Gasteiger partial charge on any atom is -0.484 e. The van der Waals surface area contributed by atoms with E-state index >= 15 is 0 Å². The lowest BCUT2D eigenvalue weighted by molar-refractivity contribution is -0.126. The van der Waals surface area contributed by atoms with Crippen LogP contribution in [0.15, 0.2) is 72.8 Å². The van der Waals surface area contributed by atoms with Crippen molar-refractivity contribution in [2.45, 2.75) is 26.8 Å². The molecule has 180 valence electrons. The van der Waals surface area contributed by atoms with Crippen LogP contribution in [0.3, 0.4) is 0 Å². The summed E-state index contributed by atoms with van der Waals surface area (Å²) in [4.78, 5) is 38.9. The van der Waals surface area contributed by atoms with Gasteiger partial charge in [0.1, 0.15) is 5.75 Å². The van der Waals surface area contributed by atoms with E-state index in [1.165, 1.54) is 5.56 Å². The normalized spacial score (nSPS) is 15.1. The largest absolute Gasteiger partial charge is 0.484 e. The first-order chi connectivity index (χ1) is 16.9. The van der Waals surface area contributed by atoms with Crippen LogP contribution in [0.1, 0.15) is 23.1 Å². The number of rotatable bonds is 8. The number of hydrogen-bond acceptors (Lipinski definition) is 4. The van der Waals surface area contributed by atoms with Gasteiger partial charge in [-0.15, -0.1) is 0 Å². The van der Waals surface area contributed by atoms with Gasteiger partial charge < -0.3 is 20.3 Å². The van der Waals surface area contributed by atoms with Crippen LogP contribution < -0.4 is 20.3 Å². The second-order valence-electron chi connectivity index (χ2n) is 8.81. The molecule has 1 heterocycles. The monoisotopic (exact) mass is 471 g/mol. The predicted molar refractivity (Wildman–Crippen MR) is 135 cm³/mol. The van der Waals surface area contributed by atoms with Crippen LogP contribution in [0.25, 0.3) is 0 Å². The molecule has 2 N–H and O–H groups in total. The van der Waals surface area contributed by atoms with E-state index in [1.807, 2.05) is 62.4 Å². The lowest BCUT2D eigenvalue weighted by Crippen LogP contribution is -2.32. The summed E-state index contributed by atoms with van der Waals surface area (Å²) in [5, 5.41) is 5.72. The van der Waals surface area contributed by atoms with Gasteiger partial charge in [0.25, 0.3) is 5.91 Å². The summed E-state index contributed by atoms with van der Waals surface area (Å²) in [6.07, 6.45) is 0.178. The average Bonchev–Trinajstić information content (AvgIpc) is 3.25. The quantitative estimate of drug-likeness (QED) is 0.520.